The number of anilines is 3. The van der Waals surface area contributed by atoms with E-state index in [4.69, 9.17) is 5.73 Å². The summed E-state index contributed by atoms with van der Waals surface area (Å²) >= 11 is 0. The molecule has 2 N–H and O–H groups in total. The Labute approximate surface area is 109 Å². The van der Waals surface area contributed by atoms with E-state index in [9.17, 15) is 10.1 Å². The van der Waals surface area contributed by atoms with E-state index in [1.54, 1.807) is 0 Å². The molecule has 0 fully saturated rings. The van der Waals surface area contributed by atoms with E-state index in [0.29, 0.717) is 12.4 Å². The van der Waals surface area contributed by atoms with Crippen LogP contribution >= 0.6 is 0 Å². The lowest BCUT2D eigenvalue weighted by Crippen LogP contribution is -2.17. The van der Waals surface area contributed by atoms with E-state index >= 15 is 0 Å². The normalized spacial score (nSPS) is 13.4. The highest BCUT2D eigenvalue weighted by Crippen LogP contribution is 2.38. The van der Waals surface area contributed by atoms with E-state index in [1.807, 2.05) is 29.2 Å². The van der Waals surface area contributed by atoms with Gasteiger partial charge in [-0.1, -0.05) is 18.2 Å². The first-order valence-corrected chi connectivity index (χ1v) is 5.93. The minimum Gasteiger partial charge on any atom is -0.384 e. The topological polar surface area (TPSA) is 85.3 Å². The number of nitrogen functional groups attached to an aromatic ring is 1. The molecule has 0 saturated carbocycles. The Bertz CT molecular complexity index is 657. The molecule has 2 aromatic rings. The molecule has 1 aromatic heterocycles. The van der Waals surface area contributed by atoms with Gasteiger partial charge in [-0.05, 0) is 24.1 Å². The third kappa shape index (κ3) is 1.87. The second kappa shape index (κ2) is 4.24. The average Bonchev–Trinajstić information content (AvgIpc) is 2.82. The number of aromatic nitrogens is 1. The highest BCUT2D eigenvalue weighted by Gasteiger charge is 2.27. The van der Waals surface area contributed by atoms with Crippen molar-refractivity contribution in [2.45, 2.75) is 6.42 Å². The number of fused-ring (bicyclic) bond motifs is 1. The number of rotatable bonds is 2. The molecule has 3 rings (SSSR count). The van der Waals surface area contributed by atoms with Crippen molar-refractivity contribution < 1.29 is 4.92 Å². The maximum absolute atomic E-state index is 11.1. The van der Waals surface area contributed by atoms with Crippen LogP contribution in [0.5, 0.6) is 0 Å². The number of nitro groups is 1. The molecule has 0 spiro atoms. The molecular formula is C13H12N4O2. The molecule has 0 saturated heterocycles. The molecule has 0 radical (unpaired) electrons. The first kappa shape index (κ1) is 11.5. The van der Waals surface area contributed by atoms with Gasteiger partial charge in [-0.2, -0.15) is 0 Å². The van der Waals surface area contributed by atoms with Gasteiger partial charge in [-0.3, -0.25) is 10.1 Å². The molecular weight excluding hydrogens is 244 g/mol. The Morgan fingerprint density at radius 2 is 2.05 bits per heavy atom. The molecule has 1 aliphatic rings. The van der Waals surface area contributed by atoms with Gasteiger partial charge in [0.15, 0.2) is 0 Å². The summed E-state index contributed by atoms with van der Waals surface area (Å²) in [4.78, 5) is 16.7. The van der Waals surface area contributed by atoms with Crippen molar-refractivity contribution >= 4 is 23.0 Å². The van der Waals surface area contributed by atoms with Crippen LogP contribution in [-0.4, -0.2) is 16.5 Å². The third-order valence-electron chi connectivity index (χ3n) is 3.22. The van der Waals surface area contributed by atoms with Crippen LogP contribution in [0.1, 0.15) is 5.56 Å². The zero-order chi connectivity index (χ0) is 13.4. The van der Waals surface area contributed by atoms with Crippen molar-refractivity contribution in [1.82, 2.24) is 4.98 Å². The molecule has 0 unspecified atom stereocenters. The van der Waals surface area contributed by atoms with Gasteiger partial charge >= 0.3 is 5.69 Å². The molecule has 0 bridgehead atoms. The van der Waals surface area contributed by atoms with Crippen molar-refractivity contribution in [1.29, 1.82) is 0 Å². The maximum Gasteiger partial charge on any atom is 0.312 e. The van der Waals surface area contributed by atoms with E-state index < -0.39 is 4.92 Å². The summed E-state index contributed by atoms with van der Waals surface area (Å²) in [6.45, 7) is 0.677. The highest BCUT2D eigenvalue weighted by atomic mass is 16.6. The van der Waals surface area contributed by atoms with Crippen molar-refractivity contribution in [3.05, 3.63) is 52.1 Å². The molecule has 1 aromatic carbocycles. The summed E-state index contributed by atoms with van der Waals surface area (Å²) in [5.74, 6) is 0.597. The van der Waals surface area contributed by atoms with Crippen LogP contribution in [0, 0.1) is 10.1 Å². The SMILES string of the molecule is Nc1ccc([N+](=O)[O-])c(N2CCc3ccccc32)n1. The minimum atomic E-state index is -0.428. The highest BCUT2D eigenvalue weighted by molar-refractivity contribution is 5.74. The second-order valence-corrected chi connectivity index (χ2v) is 4.37. The smallest absolute Gasteiger partial charge is 0.312 e. The molecule has 6 nitrogen and oxygen atoms in total. The molecule has 6 heteroatoms. The summed E-state index contributed by atoms with van der Waals surface area (Å²) in [5.41, 5.74) is 7.76. The van der Waals surface area contributed by atoms with E-state index in [0.717, 1.165) is 12.1 Å². The van der Waals surface area contributed by atoms with Crippen LogP contribution in [0.25, 0.3) is 0 Å². The summed E-state index contributed by atoms with van der Waals surface area (Å²) in [6, 6.07) is 10.7. The first-order chi connectivity index (χ1) is 9.16. The van der Waals surface area contributed by atoms with E-state index in [2.05, 4.69) is 4.98 Å². The Kier molecular flexibility index (Phi) is 2.56. The molecule has 0 atom stereocenters. The Balaban J connectivity index is 2.13. The molecule has 19 heavy (non-hydrogen) atoms. The molecule has 1 aliphatic heterocycles. The molecule has 0 aliphatic carbocycles. The van der Waals surface area contributed by atoms with Gasteiger partial charge in [0.2, 0.25) is 5.82 Å². The fourth-order valence-electron chi connectivity index (χ4n) is 2.36. The van der Waals surface area contributed by atoms with Crippen LogP contribution in [0.2, 0.25) is 0 Å². The standard InChI is InChI=1S/C13H12N4O2/c14-12-6-5-11(17(18)19)13(15-12)16-8-7-9-3-1-2-4-10(9)16/h1-6H,7-8H2,(H2,14,15). The quantitative estimate of drug-likeness (QED) is 0.658. The summed E-state index contributed by atoms with van der Waals surface area (Å²) < 4.78 is 0. The van der Waals surface area contributed by atoms with Crippen molar-refractivity contribution in [3.63, 3.8) is 0 Å². The van der Waals surface area contributed by atoms with Crippen molar-refractivity contribution in [2.75, 3.05) is 17.2 Å². The molecule has 96 valence electrons. The summed E-state index contributed by atoms with van der Waals surface area (Å²) in [7, 11) is 0. The van der Waals surface area contributed by atoms with Crippen LogP contribution in [0.4, 0.5) is 23.0 Å². The van der Waals surface area contributed by atoms with Gasteiger partial charge in [-0.15, -0.1) is 0 Å². The van der Waals surface area contributed by atoms with Gasteiger partial charge < -0.3 is 10.6 Å². The zero-order valence-electron chi connectivity index (χ0n) is 10.1. The number of hydrogen-bond donors (Lipinski definition) is 1. The van der Waals surface area contributed by atoms with E-state index in [-0.39, 0.29) is 11.5 Å². The summed E-state index contributed by atoms with van der Waals surface area (Å²) in [5, 5.41) is 11.1. The van der Waals surface area contributed by atoms with Gasteiger partial charge in [0.05, 0.1) is 4.92 Å². The van der Waals surface area contributed by atoms with Gasteiger partial charge in [0, 0.05) is 18.3 Å². The largest absolute Gasteiger partial charge is 0.384 e. The third-order valence-corrected chi connectivity index (χ3v) is 3.22. The monoisotopic (exact) mass is 256 g/mol. The number of nitrogens with two attached hydrogens (primary N) is 1. The number of pyridine rings is 1. The van der Waals surface area contributed by atoms with Gasteiger partial charge in [-0.25, -0.2) is 4.98 Å². The maximum atomic E-state index is 11.1. The Morgan fingerprint density at radius 3 is 2.84 bits per heavy atom. The minimum absolute atomic E-state index is 0.0223. The van der Waals surface area contributed by atoms with Crippen LogP contribution in [-0.2, 0) is 6.42 Å². The van der Waals surface area contributed by atoms with E-state index in [1.165, 1.54) is 17.7 Å². The Morgan fingerprint density at radius 1 is 1.26 bits per heavy atom. The number of benzene rings is 1. The predicted octanol–water partition coefficient (Wildman–Crippen LogP) is 2.27. The van der Waals surface area contributed by atoms with Crippen LogP contribution < -0.4 is 10.6 Å². The first-order valence-electron chi connectivity index (χ1n) is 5.93. The average molecular weight is 256 g/mol. The van der Waals surface area contributed by atoms with Gasteiger partial charge in [0.1, 0.15) is 5.82 Å². The van der Waals surface area contributed by atoms with Crippen molar-refractivity contribution in [2.24, 2.45) is 0 Å². The van der Waals surface area contributed by atoms with Crippen LogP contribution in [0.3, 0.4) is 0 Å². The van der Waals surface area contributed by atoms with Crippen LogP contribution in [0.15, 0.2) is 36.4 Å². The lowest BCUT2D eigenvalue weighted by molar-refractivity contribution is -0.384. The second-order valence-electron chi connectivity index (χ2n) is 4.37. The Hall–Kier alpha value is -2.63. The van der Waals surface area contributed by atoms with Gasteiger partial charge in [0.25, 0.3) is 0 Å². The lowest BCUT2D eigenvalue weighted by atomic mass is 10.2. The zero-order valence-corrected chi connectivity index (χ0v) is 10.1. The fraction of sp³-hybridized carbons (Fsp3) is 0.154. The number of nitrogens with zero attached hydrogens (tertiary/aromatic N) is 3. The predicted molar refractivity (Wildman–Crippen MR) is 72.5 cm³/mol. The molecule has 2 heterocycles. The number of hydrogen-bond acceptors (Lipinski definition) is 5. The van der Waals surface area contributed by atoms with Crippen molar-refractivity contribution in [3.8, 4) is 0 Å². The fourth-order valence-corrected chi connectivity index (χ4v) is 2.36. The lowest BCUT2D eigenvalue weighted by Gasteiger charge is -2.18. The molecule has 0 amide bonds. The number of para-hydroxylation sites is 1. The summed E-state index contributed by atoms with van der Waals surface area (Å²) in [6.07, 6.45) is 0.851.